The molecule has 2 saturated heterocycles. The highest BCUT2D eigenvalue weighted by Gasteiger charge is 2.34. The van der Waals surface area contributed by atoms with Gasteiger partial charge in [0, 0.05) is 48.2 Å². The normalized spacial score (nSPS) is 27.5. The van der Waals surface area contributed by atoms with Crippen LogP contribution in [-0.2, 0) is 6.42 Å². The van der Waals surface area contributed by atoms with Gasteiger partial charge in [0.05, 0.1) is 0 Å². The van der Waals surface area contributed by atoms with Crippen LogP contribution in [0.4, 0.5) is 0 Å². The molecule has 214 valence electrons. The van der Waals surface area contributed by atoms with E-state index in [-0.39, 0.29) is 5.92 Å². The number of nitrogens with zero attached hydrogens (tertiary/aromatic N) is 2. The van der Waals surface area contributed by atoms with Crippen LogP contribution in [0.1, 0.15) is 69.9 Å². The SMILES string of the molecule is C=C(C)[C@@H]1CCC(C)=C[C@H]1c1c(OC(=S)SCC2CN2C)cc(CCCCC)cc1OC(=S)SCC1CN1C. The molecule has 0 saturated carbocycles. The molecule has 0 aromatic heterocycles. The molecule has 3 aliphatic rings. The summed E-state index contributed by atoms with van der Waals surface area (Å²) in [5.74, 6) is 3.97. The lowest BCUT2D eigenvalue weighted by atomic mass is 9.73. The van der Waals surface area contributed by atoms with Gasteiger partial charge in [-0.1, -0.05) is 67.1 Å². The van der Waals surface area contributed by atoms with Crippen LogP contribution in [0.3, 0.4) is 0 Å². The maximum Gasteiger partial charge on any atom is 0.225 e. The molecule has 6 atom stereocenters. The number of thiocarbonyl (C=S) groups is 2. The number of allylic oxidation sites excluding steroid dienone is 3. The molecule has 1 aliphatic carbocycles. The summed E-state index contributed by atoms with van der Waals surface area (Å²) in [5, 5.41) is 0. The monoisotopic (exact) mass is 604 g/mol. The second kappa shape index (κ2) is 14.3. The van der Waals surface area contributed by atoms with Crippen molar-refractivity contribution in [3.05, 3.63) is 47.1 Å². The van der Waals surface area contributed by atoms with Crippen molar-refractivity contribution in [1.29, 1.82) is 0 Å². The summed E-state index contributed by atoms with van der Waals surface area (Å²) in [5.41, 5.74) is 4.85. The van der Waals surface area contributed by atoms with Gasteiger partial charge in [-0.05, 0) is 102 Å². The van der Waals surface area contributed by atoms with E-state index in [0.717, 1.165) is 67.3 Å². The molecule has 0 spiro atoms. The van der Waals surface area contributed by atoms with Crippen LogP contribution >= 0.6 is 48.0 Å². The zero-order valence-corrected chi connectivity index (χ0v) is 27.4. The molecule has 0 N–H and O–H groups in total. The van der Waals surface area contributed by atoms with Gasteiger partial charge in [0.15, 0.2) is 0 Å². The van der Waals surface area contributed by atoms with E-state index in [4.69, 9.17) is 33.9 Å². The molecule has 2 fully saturated rings. The summed E-state index contributed by atoms with van der Waals surface area (Å²) in [4.78, 5) is 4.65. The van der Waals surface area contributed by atoms with E-state index in [1.807, 2.05) is 0 Å². The Kier molecular flexibility index (Phi) is 11.4. The average Bonchev–Trinajstić information content (AvgIpc) is 3.78. The zero-order chi connectivity index (χ0) is 28.1. The Morgan fingerprint density at radius 2 is 1.54 bits per heavy atom. The zero-order valence-electron chi connectivity index (χ0n) is 24.2. The molecule has 2 aliphatic heterocycles. The molecule has 0 bridgehead atoms. The minimum absolute atomic E-state index is 0.107. The van der Waals surface area contributed by atoms with Crippen molar-refractivity contribution >= 4 is 56.7 Å². The van der Waals surface area contributed by atoms with Gasteiger partial charge >= 0.3 is 0 Å². The molecule has 1 aromatic carbocycles. The summed E-state index contributed by atoms with van der Waals surface area (Å²) in [6.45, 7) is 13.2. The maximum absolute atomic E-state index is 6.55. The summed E-state index contributed by atoms with van der Waals surface area (Å²) < 4.78 is 14.2. The standard InChI is InChI=1S/C31H44N2O2S4/c1-7-8-9-10-22-14-27(34-30(36)38-18-23-16-32(23)5)29(26-13-21(4)11-12-25(26)20(2)3)28(15-22)35-31(37)39-19-24-17-33(24)6/h13-15,23-26H,2,7-12,16-19H2,1,3-6H3/t23?,24?,25-,26+,32?,33?/m0/s1. The highest BCUT2D eigenvalue weighted by Crippen LogP contribution is 2.48. The number of unbranched alkanes of at least 4 members (excludes halogenated alkanes) is 2. The summed E-state index contributed by atoms with van der Waals surface area (Å²) in [7, 11) is 4.29. The van der Waals surface area contributed by atoms with Crippen LogP contribution in [0.5, 0.6) is 11.5 Å². The van der Waals surface area contributed by atoms with Crippen LogP contribution in [0, 0.1) is 5.92 Å². The second-order valence-electron chi connectivity index (χ2n) is 11.5. The third kappa shape index (κ3) is 9.04. The van der Waals surface area contributed by atoms with E-state index in [9.17, 15) is 0 Å². The fourth-order valence-electron chi connectivity index (χ4n) is 5.28. The van der Waals surface area contributed by atoms with Crippen molar-refractivity contribution in [2.75, 3.05) is 38.7 Å². The molecule has 39 heavy (non-hydrogen) atoms. The minimum atomic E-state index is 0.107. The van der Waals surface area contributed by atoms with E-state index >= 15 is 0 Å². The fourth-order valence-corrected chi connectivity index (χ4v) is 7.54. The second-order valence-corrected chi connectivity index (χ2v) is 14.8. The number of thioether (sulfide) groups is 2. The van der Waals surface area contributed by atoms with Gasteiger partial charge in [-0.3, -0.25) is 9.80 Å². The lowest BCUT2D eigenvalue weighted by Gasteiger charge is -2.33. The van der Waals surface area contributed by atoms with E-state index in [2.05, 4.69) is 69.5 Å². The predicted molar refractivity (Wildman–Crippen MR) is 178 cm³/mol. The number of hydrogen-bond acceptors (Lipinski definition) is 8. The highest BCUT2D eigenvalue weighted by molar-refractivity contribution is 8.23. The molecule has 2 heterocycles. The number of rotatable bonds is 12. The Balaban J connectivity index is 1.68. The van der Waals surface area contributed by atoms with Crippen LogP contribution in [0.15, 0.2) is 35.9 Å². The lowest BCUT2D eigenvalue weighted by molar-refractivity contribution is 0.452. The van der Waals surface area contributed by atoms with Crippen molar-refractivity contribution < 1.29 is 9.47 Å². The van der Waals surface area contributed by atoms with E-state index in [1.165, 1.54) is 29.6 Å². The number of benzene rings is 1. The quantitative estimate of drug-likeness (QED) is 0.103. The van der Waals surface area contributed by atoms with Gasteiger partial charge in [0.1, 0.15) is 11.5 Å². The van der Waals surface area contributed by atoms with Crippen molar-refractivity contribution in [3.63, 3.8) is 0 Å². The molecule has 4 rings (SSSR count). The van der Waals surface area contributed by atoms with Crippen LogP contribution in [0.2, 0.25) is 0 Å². The largest absolute Gasteiger partial charge is 0.439 e. The molecule has 4 unspecified atom stereocenters. The molecule has 0 radical (unpaired) electrons. The van der Waals surface area contributed by atoms with Crippen molar-refractivity contribution in [2.24, 2.45) is 5.92 Å². The number of ether oxygens (including phenoxy) is 2. The fraction of sp³-hybridized carbons (Fsp3) is 0.613. The molecule has 8 heteroatoms. The number of likely N-dealkylation sites (N-methyl/N-ethyl adjacent to an activating group) is 2. The minimum Gasteiger partial charge on any atom is -0.439 e. The van der Waals surface area contributed by atoms with Gasteiger partial charge in [-0.25, -0.2) is 0 Å². The first-order chi connectivity index (χ1) is 18.7. The third-order valence-corrected chi connectivity index (χ3v) is 10.7. The van der Waals surface area contributed by atoms with Gasteiger partial charge in [-0.15, -0.1) is 0 Å². The van der Waals surface area contributed by atoms with Crippen molar-refractivity contribution in [2.45, 2.75) is 77.3 Å². The topological polar surface area (TPSA) is 24.5 Å². The first-order valence-electron chi connectivity index (χ1n) is 14.3. The Morgan fingerprint density at radius 1 is 1.00 bits per heavy atom. The summed E-state index contributed by atoms with van der Waals surface area (Å²) in [6.07, 6.45) is 9.03. The summed E-state index contributed by atoms with van der Waals surface area (Å²) >= 11 is 14.8. The molecule has 0 amide bonds. The van der Waals surface area contributed by atoms with E-state index < -0.39 is 0 Å². The van der Waals surface area contributed by atoms with Crippen LogP contribution in [-0.4, -0.2) is 69.3 Å². The predicted octanol–water partition coefficient (Wildman–Crippen LogP) is 7.86. The molecular formula is C31H44N2O2S4. The van der Waals surface area contributed by atoms with Crippen molar-refractivity contribution in [3.8, 4) is 11.5 Å². The highest BCUT2D eigenvalue weighted by atomic mass is 32.2. The number of hydrogen-bond donors (Lipinski definition) is 0. The van der Waals surface area contributed by atoms with Gasteiger partial charge in [-0.2, -0.15) is 0 Å². The molecular weight excluding hydrogens is 561 g/mol. The Hall–Kier alpha value is -0.900. The Bertz CT molecular complexity index is 1050. The third-order valence-electron chi connectivity index (χ3n) is 8.10. The van der Waals surface area contributed by atoms with E-state index in [0.29, 0.717) is 26.8 Å². The van der Waals surface area contributed by atoms with Crippen molar-refractivity contribution in [1.82, 2.24) is 9.80 Å². The van der Waals surface area contributed by atoms with Crippen LogP contribution in [0.25, 0.3) is 0 Å². The average molecular weight is 605 g/mol. The Labute approximate surface area is 255 Å². The van der Waals surface area contributed by atoms with Crippen LogP contribution < -0.4 is 9.47 Å². The van der Waals surface area contributed by atoms with Gasteiger partial charge < -0.3 is 9.47 Å². The van der Waals surface area contributed by atoms with Gasteiger partial charge in [0.2, 0.25) is 8.77 Å². The maximum atomic E-state index is 6.55. The lowest BCUT2D eigenvalue weighted by Crippen LogP contribution is -2.20. The first-order valence-corrected chi connectivity index (χ1v) is 17.0. The summed E-state index contributed by atoms with van der Waals surface area (Å²) in [6, 6.07) is 5.59. The smallest absolute Gasteiger partial charge is 0.225 e. The molecule has 4 nitrogen and oxygen atoms in total. The first kappa shape index (κ1) is 31.0. The van der Waals surface area contributed by atoms with E-state index in [1.54, 1.807) is 23.5 Å². The Morgan fingerprint density at radius 3 is 2.00 bits per heavy atom. The molecule has 1 aromatic rings. The number of aryl methyl sites for hydroxylation is 1. The van der Waals surface area contributed by atoms with Gasteiger partial charge in [0.25, 0.3) is 0 Å².